The first-order valence-corrected chi connectivity index (χ1v) is 13.8. The summed E-state index contributed by atoms with van der Waals surface area (Å²) in [4.78, 5) is 0. The average Bonchev–Trinajstić information content (AvgIpc) is 3.38. The Labute approximate surface area is 223 Å². The summed E-state index contributed by atoms with van der Waals surface area (Å²) in [6, 6.07) is 36.9. The minimum absolute atomic E-state index is 0.0735. The van der Waals surface area contributed by atoms with Crippen molar-refractivity contribution < 1.29 is 0 Å². The largest absolute Gasteiger partial charge is 0.0616 e. The SMILES string of the molecule is CC1(C)c2cc(-c3cccc4ccccc34)cc3c2-c2c1cc1c4c(ccc(c24)C3(C)C)-c2ccccc2-1. The highest BCUT2D eigenvalue weighted by Gasteiger charge is 2.46. The molecule has 3 aliphatic rings. The zero-order chi connectivity index (χ0) is 25.6. The summed E-state index contributed by atoms with van der Waals surface area (Å²) >= 11 is 0. The molecule has 0 aliphatic heterocycles. The zero-order valence-corrected chi connectivity index (χ0v) is 22.2. The van der Waals surface area contributed by atoms with Gasteiger partial charge in [0.05, 0.1) is 0 Å². The molecule has 0 spiro atoms. The van der Waals surface area contributed by atoms with Crippen molar-refractivity contribution in [3.05, 3.63) is 119 Å². The van der Waals surface area contributed by atoms with Gasteiger partial charge < -0.3 is 0 Å². The molecule has 0 fully saturated rings. The lowest BCUT2D eigenvalue weighted by Gasteiger charge is -2.36. The first-order chi connectivity index (χ1) is 18.4. The quantitative estimate of drug-likeness (QED) is 0.217. The van der Waals surface area contributed by atoms with E-state index in [1.54, 1.807) is 0 Å². The van der Waals surface area contributed by atoms with Crippen LogP contribution in [0.4, 0.5) is 0 Å². The molecule has 6 aromatic rings. The number of benzene rings is 6. The molecule has 0 N–H and O–H groups in total. The molecule has 0 nitrogen and oxygen atoms in total. The standard InChI is InChI=1S/C38H28/c1-37(2)29-17-16-27-25-13-7-8-14-26(25)28-20-32-36(35(29)33(27)28)34-30(37)18-22(19-31(34)38(32,3)4)24-15-9-11-21-10-5-6-12-23(21)24/h5-20H,1-4H3. The van der Waals surface area contributed by atoms with Gasteiger partial charge in [-0.15, -0.1) is 0 Å². The fourth-order valence-corrected chi connectivity index (χ4v) is 8.05. The van der Waals surface area contributed by atoms with Crippen LogP contribution in [0.5, 0.6) is 0 Å². The van der Waals surface area contributed by atoms with Gasteiger partial charge in [-0.05, 0) is 107 Å². The third kappa shape index (κ3) is 2.22. The van der Waals surface area contributed by atoms with Crippen molar-refractivity contribution in [2.75, 3.05) is 0 Å². The van der Waals surface area contributed by atoms with E-state index in [9.17, 15) is 0 Å². The van der Waals surface area contributed by atoms with Crippen LogP contribution in [0.1, 0.15) is 49.9 Å². The summed E-state index contributed by atoms with van der Waals surface area (Å²) < 4.78 is 0. The molecule has 0 heteroatoms. The maximum absolute atomic E-state index is 2.54. The molecule has 0 unspecified atom stereocenters. The van der Waals surface area contributed by atoms with Gasteiger partial charge in [0.25, 0.3) is 0 Å². The van der Waals surface area contributed by atoms with Crippen LogP contribution in [0.25, 0.3) is 66.1 Å². The van der Waals surface area contributed by atoms with E-state index in [1.807, 2.05) is 0 Å². The second-order valence-electron chi connectivity index (χ2n) is 12.5. The minimum Gasteiger partial charge on any atom is -0.0616 e. The van der Waals surface area contributed by atoms with Crippen molar-refractivity contribution in [2.24, 2.45) is 0 Å². The number of hydrogen-bond donors (Lipinski definition) is 0. The van der Waals surface area contributed by atoms with Gasteiger partial charge in [-0.3, -0.25) is 0 Å². The van der Waals surface area contributed by atoms with E-state index in [1.165, 1.54) is 88.3 Å². The molecule has 0 saturated carbocycles. The lowest BCUT2D eigenvalue weighted by molar-refractivity contribution is 0.640. The van der Waals surface area contributed by atoms with Crippen molar-refractivity contribution in [1.82, 2.24) is 0 Å². The third-order valence-corrected chi connectivity index (χ3v) is 9.97. The van der Waals surface area contributed by atoms with Crippen molar-refractivity contribution >= 4 is 21.5 Å². The molecule has 0 amide bonds. The van der Waals surface area contributed by atoms with Crippen LogP contribution in [0.15, 0.2) is 97.1 Å². The summed E-state index contributed by atoms with van der Waals surface area (Å²) in [6.45, 7) is 9.76. The molecule has 180 valence electrons. The highest BCUT2D eigenvalue weighted by atomic mass is 14.5. The molecule has 0 saturated heterocycles. The maximum atomic E-state index is 2.54. The maximum Gasteiger partial charge on any atom is 0.0159 e. The van der Waals surface area contributed by atoms with Gasteiger partial charge in [0, 0.05) is 10.8 Å². The topological polar surface area (TPSA) is 0 Å². The van der Waals surface area contributed by atoms with Crippen molar-refractivity contribution in [3.63, 3.8) is 0 Å². The fourth-order valence-electron chi connectivity index (χ4n) is 8.05. The van der Waals surface area contributed by atoms with Gasteiger partial charge in [0.15, 0.2) is 0 Å². The van der Waals surface area contributed by atoms with Gasteiger partial charge in [-0.25, -0.2) is 0 Å². The fraction of sp³-hybridized carbons (Fsp3) is 0.158. The highest BCUT2D eigenvalue weighted by molar-refractivity contribution is 6.23. The Bertz CT molecular complexity index is 2060. The lowest BCUT2D eigenvalue weighted by atomic mass is 9.67. The normalized spacial score (nSPS) is 16.3. The van der Waals surface area contributed by atoms with Gasteiger partial charge in [0.1, 0.15) is 0 Å². The Morgan fingerprint density at radius 2 is 1.03 bits per heavy atom. The van der Waals surface area contributed by atoms with E-state index < -0.39 is 0 Å². The van der Waals surface area contributed by atoms with Crippen LogP contribution in [0, 0.1) is 0 Å². The first-order valence-electron chi connectivity index (χ1n) is 13.8. The third-order valence-electron chi connectivity index (χ3n) is 9.97. The molecular formula is C38H28. The molecule has 6 aromatic carbocycles. The van der Waals surface area contributed by atoms with E-state index in [4.69, 9.17) is 0 Å². The number of hydrogen-bond acceptors (Lipinski definition) is 0. The van der Waals surface area contributed by atoms with Crippen LogP contribution < -0.4 is 0 Å². The second-order valence-corrected chi connectivity index (χ2v) is 12.5. The monoisotopic (exact) mass is 484 g/mol. The van der Waals surface area contributed by atoms with E-state index in [0.717, 1.165) is 0 Å². The van der Waals surface area contributed by atoms with Gasteiger partial charge in [-0.1, -0.05) is 107 Å². The van der Waals surface area contributed by atoms with Gasteiger partial charge >= 0.3 is 0 Å². The average molecular weight is 485 g/mol. The van der Waals surface area contributed by atoms with E-state index in [2.05, 4.69) is 125 Å². The Balaban J connectivity index is 1.45. The van der Waals surface area contributed by atoms with Crippen molar-refractivity contribution in [1.29, 1.82) is 0 Å². The summed E-state index contributed by atoms with van der Waals surface area (Å²) in [7, 11) is 0. The van der Waals surface area contributed by atoms with Crippen LogP contribution in [0.2, 0.25) is 0 Å². The molecule has 0 atom stereocenters. The first kappa shape index (κ1) is 20.8. The molecule has 0 radical (unpaired) electrons. The van der Waals surface area contributed by atoms with Crippen LogP contribution in [0.3, 0.4) is 0 Å². The molecule has 0 heterocycles. The Morgan fingerprint density at radius 3 is 1.82 bits per heavy atom. The van der Waals surface area contributed by atoms with Crippen molar-refractivity contribution in [3.8, 4) is 44.5 Å². The summed E-state index contributed by atoms with van der Waals surface area (Å²) in [5, 5.41) is 5.58. The number of fused-ring (bicyclic) bond motifs is 4. The molecule has 9 rings (SSSR count). The van der Waals surface area contributed by atoms with E-state index in [0.29, 0.717) is 0 Å². The Hall–Kier alpha value is -4.16. The van der Waals surface area contributed by atoms with Gasteiger partial charge in [-0.2, -0.15) is 0 Å². The van der Waals surface area contributed by atoms with Crippen LogP contribution in [-0.4, -0.2) is 0 Å². The Kier molecular flexibility index (Phi) is 3.54. The van der Waals surface area contributed by atoms with Gasteiger partial charge in [0.2, 0.25) is 0 Å². The van der Waals surface area contributed by atoms with E-state index in [-0.39, 0.29) is 10.8 Å². The van der Waals surface area contributed by atoms with Crippen LogP contribution in [-0.2, 0) is 10.8 Å². The predicted octanol–water partition coefficient (Wildman–Crippen LogP) is 10.3. The highest BCUT2D eigenvalue weighted by Crippen LogP contribution is 2.63. The molecule has 3 aliphatic carbocycles. The summed E-state index contributed by atoms with van der Waals surface area (Å²) in [6.07, 6.45) is 0. The van der Waals surface area contributed by atoms with Crippen LogP contribution >= 0.6 is 0 Å². The second kappa shape index (κ2) is 6.45. The molecule has 0 aromatic heterocycles. The zero-order valence-electron chi connectivity index (χ0n) is 22.2. The Morgan fingerprint density at radius 1 is 0.421 bits per heavy atom. The summed E-state index contributed by atoms with van der Waals surface area (Å²) in [5.41, 5.74) is 16.9. The smallest absolute Gasteiger partial charge is 0.0159 e. The summed E-state index contributed by atoms with van der Waals surface area (Å²) in [5.74, 6) is 0. The molecule has 0 bridgehead atoms. The molecular weight excluding hydrogens is 456 g/mol. The predicted molar refractivity (Wildman–Crippen MR) is 161 cm³/mol. The number of rotatable bonds is 1. The lowest BCUT2D eigenvalue weighted by Crippen LogP contribution is -2.24. The van der Waals surface area contributed by atoms with Crippen molar-refractivity contribution in [2.45, 2.75) is 38.5 Å². The minimum atomic E-state index is -0.0959. The van der Waals surface area contributed by atoms with E-state index >= 15 is 0 Å². The molecule has 38 heavy (non-hydrogen) atoms.